The minimum Gasteiger partial charge on any atom is -0.369 e. The molecule has 2 rings (SSSR count). The summed E-state index contributed by atoms with van der Waals surface area (Å²) in [4.78, 5) is 6.77. The molecule has 0 amide bonds. The third-order valence-electron chi connectivity index (χ3n) is 2.10. The first-order chi connectivity index (χ1) is 7.08. The van der Waals surface area contributed by atoms with Crippen LogP contribution in [0.15, 0.2) is 18.2 Å². The molecule has 0 saturated heterocycles. The van der Waals surface area contributed by atoms with E-state index in [0.717, 1.165) is 17.8 Å². The molecule has 0 aliphatic carbocycles. The number of anilines is 1. The summed E-state index contributed by atoms with van der Waals surface area (Å²) in [6.45, 7) is 1.76. The smallest absolute Gasteiger partial charge is 0.198 e. The first-order valence-corrected chi connectivity index (χ1v) is 4.35. The van der Waals surface area contributed by atoms with E-state index in [9.17, 15) is 8.78 Å². The highest BCUT2D eigenvalue weighted by molar-refractivity contribution is 5.63. The number of hydrogen-bond donors (Lipinski definition) is 2. The van der Waals surface area contributed by atoms with E-state index in [1.165, 1.54) is 6.07 Å². The van der Waals surface area contributed by atoms with Gasteiger partial charge in [0.25, 0.3) is 0 Å². The van der Waals surface area contributed by atoms with Crippen LogP contribution in [0.1, 0.15) is 5.69 Å². The molecule has 1 aromatic carbocycles. The zero-order valence-corrected chi connectivity index (χ0v) is 8.01. The van der Waals surface area contributed by atoms with Crippen LogP contribution in [0.2, 0.25) is 0 Å². The zero-order valence-electron chi connectivity index (χ0n) is 8.01. The molecule has 0 spiro atoms. The number of halogens is 2. The Balaban J connectivity index is 2.54. The average Bonchev–Trinajstić information content (AvgIpc) is 2.50. The summed E-state index contributed by atoms with van der Waals surface area (Å²) in [6.07, 6.45) is 0. The number of nitrogens with one attached hydrogen (secondary N) is 1. The molecular formula is C10H9F2N3. The molecule has 0 radical (unpaired) electrons. The number of benzene rings is 1. The summed E-state index contributed by atoms with van der Waals surface area (Å²) < 4.78 is 25.7. The Morgan fingerprint density at radius 1 is 1.27 bits per heavy atom. The Morgan fingerprint density at radius 3 is 2.53 bits per heavy atom. The Bertz CT molecular complexity index is 505. The fraction of sp³-hybridized carbons (Fsp3) is 0.100. The molecule has 15 heavy (non-hydrogen) atoms. The van der Waals surface area contributed by atoms with Crippen LogP contribution in [0.3, 0.4) is 0 Å². The molecule has 3 nitrogen and oxygen atoms in total. The van der Waals surface area contributed by atoms with Crippen LogP contribution >= 0.6 is 0 Å². The van der Waals surface area contributed by atoms with Crippen LogP contribution in [-0.2, 0) is 0 Å². The Morgan fingerprint density at radius 2 is 2.00 bits per heavy atom. The number of nitrogens with zero attached hydrogens (tertiary/aromatic N) is 1. The molecule has 0 unspecified atom stereocenters. The Labute approximate surface area is 85.0 Å². The zero-order chi connectivity index (χ0) is 11.0. The number of imidazole rings is 1. The first kappa shape index (κ1) is 9.64. The molecule has 0 atom stereocenters. The fourth-order valence-electron chi connectivity index (χ4n) is 1.41. The maximum absolute atomic E-state index is 13.0. The van der Waals surface area contributed by atoms with Gasteiger partial charge in [-0.3, -0.25) is 0 Å². The SMILES string of the molecule is Cc1[nH]c(N)nc1-c1ccc(F)c(F)c1. The van der Waals surface area contributed by atoms with Gasteiger partial charge in [0.15, 0.2) is 17.6 Å². The lowest BCUT2D eigenvalue weighted by Crippen LogP contribution is -1.88. The molecule has 5 heteroatoms. The summed E-state index contributed by atoms with van der Waals surface area (Å²) in [7, 11) is 0. The topological polar surface area (TPSA) is 54.7 Å². The van der Waals surface area contributed by atoms with Gasteiger partial charge in [0.05, 0.1) is 5.69 Å². The van der Waals surface area contributed by atoms with Gasteiger partial charge in [-0.25, -0.2) is 13.8 Å². The quantitative estimate of drug-likeness (QED) is 0.756. The van der Waals surface area contributed by atoms with Gasteiger partial charge in [-0.2, -0.15) is 0 Å². The van der Waals surface area contributed by atoms with Gasteiger partial charge in [-0.1, -0.05) is 0 Å². The van der Waals surface area contributed by atoms with Crippen molar-refractivity contribution in [2.45, 2.75) is 6.92 Å². The number of nitrogens with two attached hydrogens (primary N) is 1. The van der Waals surface area contributed by atoms with Crippen molar-refractivity contribution in [3.63, 3.8) is 0 Å². The lowest BCUT2D eigenvalue weighted by molar-refractivity contribution is 0.509. The van der Waals surface area contributed by atoms with Gasteiger partial charge in [-0.15, -0.1) is 0 Å². The molecule has 78 valence electrons. The van der Waals surface area contributed by atoms with Gasteiger partial charge >= 0.3 is 0 Å². The summed E-state index contributed by atoms with van der Waals surface area (Å²) in [5, 5.41) is 0. The van der Waals surface area contributed by atoms with Crippen LogP contribution < -0.4 is 5.73 Å². The number of rotatable bonds is 1. The molecule has 0 bridgehead atoms. The van der Waals surface area contributed by atoms with E-state index in [-0.39, 0.29) is 5.95 Å². The van der Waals surface area contributed by atoms with Crippen LogP contribution in [0.25, 0.3) is 11.3 Å². The van der Waals surface area contributed by atoms with Crippen molar-refractivity contribution in [3.05, 3.63) is 35.5 Å². The summed E-state index contributed by atoms with van der Waals surface area (Å²) in [5.41, 5.74) is 7.20. The van der Waals surface area contributed by atoms with Crippen molar-refractivity contribution in [2.24, 2.45) is 0 Å². The van der Waals surface area contributed by atoms with Crippen LogP contribution in [-0.4, -0.2) is 9.97 Å². The molecule has 0 aliphatic rings. The fourth-order valence-corrected chi connectivity index (χ4v) is 1.41. The van der Waals surface area contributed by atoms with Gasteiger partial charge < -0.3 is 10.7 Å². The first-order valence-electron chi connectivity index (χ1n) is 4.35. The van der Waals surface area contributed by atoms with Crippen LogP contribution in [0.5, 0.6) is 0 Å². The highest BCUT2D eigenvalue weighted by Crippen LogP contribution is 2.23. The van der Waals surface area contributed by atoms with E-state index >= 15 is 0 Å². The number of aromatic nitrogens is 2. The average molecular weight is 209 g/mol. The predicted molar refractivity (Wildman–Crippen MR) is 53.1 cm³/mol. The van der Waals surface area contributed by atoms with E-state index in [0.29, 0.717) is 11.3 Å². The molecule has 3 N–H and O–H groups in total. The molecular weight excluding hydrogens is 200 g/mol. The van der Waals surface area contributed by atoms with E-state index in [4.69, 9.17) is 5.73 Å². The monoisotopic (exact) mass is 209 g/mol. The van der Waals surface area contributed by atoms with E-state index in [2.05, 4.69) is 9.97 Å². The minimum atomic E-state index is -0.895. The third-order valence-corrected chi connectivity index (χ3v) is 2.10. The van der Waals surface area contributed by atoms with Crippen LogP contribution in [0.4, 0.5) is 14.7 Å². The number of aryl methyl sites for hydroxylation is 1. The highest BCUT2D eigenvalue weighted by Gasteiger charge is 2.09. The third kappa shape index (κ3) is 1.68. The van der Waals surface area contributed by atoms with Gasteiger partial charge in [-0.05, 0) is 25.1 Å². The van der Waals surface area contributed by atoms with Crippen LogP contribution in [0, 0.1) is 18.6 Å². The van der Waals surface area contributed by atoms with Crippen molar-refractivity contribution in [1.29, 1.82) is 0 Å². The molecule has 1 heterocycles. The van der Waals surface area contributed by atoms with E-state index in [1.54, 1.807) is 6.92 Å². The van der Waals surface area contributed by atoms with E-state index < -0.39 is 11.6 Å². The molecule has 0 aliphatic heterocycles. The second-order valence-corrected chi connectivity index (χ2v) is 3.22. The number of aromatic amines is 1. The van der Waals surface area contributed by atoms with Crippen molar-refractivity contribution >= 4 is 5.95 Å². The number of nitrogen functional groups attached to an aromatic ring is 1. The summed E-state index contributed by atoms with van der Waals surface area (Å²) in [6, 6.07) is 3.62. The molecule has 2 aromatic rings. The second kappa shape index (κ2) is 3.34. The normalized spacial score (nSPS) is 10.6. The van der Waals surface area contributed by atoms with Crippen molar-refractivity contribution in [2.75, 3.05) is 5.73 Å². The molecule has 1 aromatic heterocycles. The number of H-pyrrole nitrogens is 1. The van der Waals surface area contributed by atoms with Crippen molar-refractivity contribution in [1.82, 2.24) is 9.97 Å². The maximum Gasteiger partial charge on any atom is 0.198 e. The molecule has 0 saturated carbocycles. The summed E-state index contributed by atoms with van der Waals surface area (Å²) in [5.74, 6) is -1.51. The minimum absolute atomic E-state index is 0.257. The standard InChI is InChI=1S/C10H9F2N3/c1-5-9(15-10(13)14-5)6-2-3-7(11)8(12)4-6/h2-4H,1H3,(H3,13,14,15). The lowest BCUT2D eigenvalue weighted by Gasteiger charge is -1.99. The van der Waals surface area contributed by atoms with Crippen molar-refractivity contribution < 1.29 is 8.78 Å². The molecule has 0 fully saturated rings. The van der Waals surface area contributed by atoms with E-state index in [1.807, 2.05) is 0 Å². The van der Waals surface area contributed by atoms with Crippen molar-refractivity contribution in [3.8, 4) is 11.3 Å². The Hall–Kier alpha value is -1.91. The largest absolute Gasteiger partial charge is 0.369 e. The Kier molecular flexibility index (Phi) is 2.15. The number of hydrogen-bond acceptors (Lipinski definition) is 2. The highest BCUT2D eigenvalue weighted by atomic mass is 19.2. The second-order valence-electron chi connectivity index (χ2n) is 3.22. The van der Waals surface area contributed by atoms with Gasteiger partial charge in [0.1, 0.15) is 0 Å². The predicted octanol–water partition coefficient (Wildman–Crippen LogP) is 2.25. The summed E-state index contributed by atoms with van der Waals surface area (Å²) >= 11 is 0. The van der Waals surface area contributed by atoms with Gasteiger partial charge in [0, 0.05) is 11.3 Å². The maximum atomic E-state index is 13.0. The van der Waals surface area contributed by atoms with Gasteiger partial charge in [0.2, 0.25) is 0 Å². The lowest BCUT2D eigenvalue weighted by atomic mass is 10.1.